The number of pyridine rings is 1. The summed E-state index contributed by atoms with van der Waals surface area (Å²) in [5.41, 5.74) is 0.562. The van der Waals surface area contributed by atoms with Crippen molar-refractivity contribution >= 4 is 11.6 Å². The van der Waals surface area contributed by atoms with E-state index in [0.717, 1.165) is 6.07 Å². The van der Waals surface area contributed by atoms with Crippen LogP contribution < -0.4 is 5.32 Å². The van der Waals surface area contributed by atoms with Gasteiger partial charge in [-0.3, -0.25) is 9.78 Å². The Morgan fingerprint density at radius 3 is 2.56 bits per heavy atom. The zero-order valence-electron chi connectivity index (χ0n) is 14.2. The Balaban J connectivity index is 1.83. The number of nitrogens with one attached hydrogen (secondary N) is 1. The van der Waals surface area contributed by atoms with Crippen molar-refractivity contribution in [1.82, 2.24) is 14.8 Å². The molecule has 0 unspecified atom stereocenters. The number of methoxy groups -OCH3 is 1. The van der Waals surface area contributed by atoms with Gasteiger partial charge in [-0.2, -0.15) is 18.3 Å². The molecule has 140 valence electrons. The standard InChI is InChI=1S/C18H15F3N4O2/c1-27-11-15-9-16(18(19,20)21)24-25(15)14-6-4-13(5-7-14)23-17(26)12-3-2-8-22-10-12/h2-10H,11H2,1H3,(H,23,26). The first-order valence-electron chi connectivity index (χ1n) is 7.85. The molecule has 6 nitrogen and oxygen atoms in total. The molecular weight excluding hydrogens is 361 g/mol. The minimum Gasteiger partial charge on any atom is -0.378 e. The maximum absolute atomic E-state index is 12.9. The highest BCUT2D eigenvalue weighted by atomic mass is 19.4. The second-order valence-corrected chi connectivity index (χ2v) is 5.61. The van der Waals surface area contributed by atoms with Crippen LogP contribution in [0.2, 0.25) is 0 Å². The monoisotopic (exact) mass is 376 g/mol. The number of benzene rings is 1. The lowest BCUT2D eigenvalue weighted by Crippen LogP contribution is -2.12. The number of carbonyl (C=O) groups is 1. The van der Waals surface area contributed by atoms with Crippen LogP contribution in [0.25, 0.3) is 5.69 Å². The second kappa shape index (κ2) is 7.58. The molecule has 1 N–H and O–H groups in total. The molecule has 1 amide bonds. The molecule has 3 rings (SSSR count). The molecule has 2 aromatic heterocycles. The fourth-order valence-electron chi connectivity index (χ4n) is 2.42. The maximum Gasteiger partial charge on any atom is 0.435 e. The van der Waals surface area contributed by atoms with Crippen molar-refractivity contribution in [2.24, 2.45) is 0 Å². The molecule has 0 atom stereocenters. The molecule has 27 heavy (non-hydrogen) atoms. The minimum absolute atomic E-state index is 0.0252. The third kappa shape index (κ3) is 4.32. The van der Waals surface area contributed by atoms with E-state index in [9.17, 15) is 18.0 Å². The number of amides is 1. The highest BCUT2D eigenvalue weighted by Gasteiger charge is 2.35. The highest BCUT2D eigenvalue weighted by molar-refractivity contribution is 6.04. The fourth-order valence-corrected chi connectivity index (χ4v) is 2.42. The SMILES string of the molecule is COCc1cc(C(F)(F)F)nn1-c1ccc(NC(=O)c2cccnc2)cc1. The van der Waals surface area contributed by atoms with Gasteiger partial charge in [0.05, 0.1) is 23.6 Å². The summed E-state index contributed by atoms with van der Waals surface area (Å²) in [6.45, 7) is -0.0252. The van der Waals surface area contributed by atoms with Crippen molar-refractivity contribution in [3.05, 3.63) is 71.8 Å². The number of hydrogen-bond acceptors (Lipinski definition) is 4. The van der Waals surface area contributed by atoms with Gasteiger partial charge >= 0.3 is 6.18 Å². The smallest absolute Gasteiger partial charge is 0.378 e. The number of carbonyl (C=O) groups excluding carboxylic acids is 1. The lowest BCUT2D eigenvalue weighted by molar-refractivity contribution is -0.141. The molecule has 0 saturated carbocycles. The van der Waals surface area contributed by atoms with Crippen LogP contribution in [-0.4, -0.2) is 27.8 Å². The molecule has 0 fully saturated rings. The molecule has 0 aliphatic heterocycles. The average molecular weight is 376 g/mol. The number of nitrogens with zero attached hydrogens (tertiary/aromatic N) is 3. The van der Waals surface area contributed by atoms with Crippen molar-refractivity contribution < 1.29 is 22.7 Å². The van der Waals surface area contributed by atoms with Crippen LogP contribution in [0.5, 0.6) is 0 Å². The molecular formula is C18H15F3N4O2. The van der Waals surface area contributed by atoms with Crippen molar-refractivity contribution in [2.75, 3.05) is 12.4 Å². The molecule has 0 spiro atoms. The first kappa shape index (κ1) is 18.6. The van der Waals surface area contributed by atoms with Gasteiger partial charge < -0.3 is 10.1 Å². The minimum atomic E-state index is -4.55. The van der Waals surface area contributed by atoms with Crippen LogP contribution in [0.15, 0.2) is 54.9 Å². The normalized spacial score (nSPS) is 11.4. The Bertz CT molecular complexity index is 922. The van der Waals surface area contributed by atoms with Gasteiger partial charge in [0.2, 0.25) is 0 Å². The maximum atomic E-state index is 12.9. The van der Waals surface area contributed by atoms with Gasteiger partial charge in [-0.25, -0.2) is 4.68 Å². The van der Waals surface area contributed by atoms with Gasteiger partial charge in [-0.1, -0.05) is 0 Å². The number of rotatable bonds is 5. The molecule has 0 bridgehead atoms. The molecule has 9 heteroatoms. The van der Waals surface area contributed by atoms with Crippen LogP contribution in [0.1, 0.15) is 21.7 Å². The number of alkyl halides is 3. The van der Waals surface area contributed by atoms with E-state index in [4.69, 9.17) is 4.74 Å². The van der Waals surface area contributed by atoms with E-state index >= 15 is 0 Å². The van der Waals surface area contributed by atoms with Crippen molar-refractivity contribution in [3.8, 4) is 5.69 Å². The summed E-state index contributed by atoms with van der Waals surface area (Å²) in [6.07, 6.45) is -1.56. The molecule has 0 aliphatic carbocycles. The quantitative estimate of drug-likeness (QED) is 0.738. The van der Waals surface area contributed by atoms with Crippen LogP contribution >= 0.6 is 0 Å². The van der Waals surface area contributed by atoms with Crippen LogP contribution in [0.3, 0.4) is 0 Å². The first-order valence-corrected chi connectivity index (χ1v) is 7.85. The van der Waals surface area contributed by atoms with E-state index in [1.807, 2.05) is 0 Å². The predicted molar refractivity (Wildman–Crippen MR) is 91.5 cm³/mol. The van der Waals surface area contributed by atoms with E-state index in [1.54, 1.807) is 42.6 Å². The Hall–Kier alpha value is -3.20. The lowest BCUT2D eigenvalue weighted by atomic mass is 10.2. The first-order chi connectivity index (χ1) is 12.9. The van der Waals surface area contributed by atoms with Gasteiger partial charge in [-0.15, -0.1) is 0 Å². The number of hydrogen-bond donors (Lipinski definition) is 1. The Morgan fingerprint density at radius 1 is 1.22 bits per heavy atom. The summed E-state index contributed by atoms with van der Waals surface area (Å²) in [7, 11) is 1.39. The Labute approximate surface area is 152 Å². The van der Waals surface area contributed by atoms with E-state index in [-0.39, 0.29) is 18.2 Å². The van der Waals surface area contributed by atoms with Gasteiger partial charge in [0.1, 0.15) is 0 Å². The number of halogens is 3. The predicted octanol–water partition coefficient (Wildman–Crippen LogP) is 3.68. The summed E-state index contributed by atoms with van der Waals surface area (Å²) in [5, 5.41) is 6.32. The summed E-state index contributed by atoms with van der Waals surface area (Å²) in [4.78, 5) is 16.0. The van der Waals surface area contributed by atoms with Crippen LogP contribution in [0, 0.1) is 0 Å². The number of ether oxygens (including phenoxy) is 1. The van der Waals surface area contributed by atoms with E-state index in [2.05, 4.69) is 15.4 Å². The van der Waals surface area contributed by atoms with Gasteiger partial charge in [0.15, 0.2) is 5.69 Å². The molecule has 3 aromatic rings. The summed E-state index contributed by atoms with van der Waals surface area (Å²) in [5.74, 6) is -0.339. The van der Waals surface area contributed by atoms with Crippen molar-refractivity contribution in [2.45, 2.75) is 12.8 Å². The van der Waals surface area contributed by atoms with Crippen LogP contribution in [0.4, 0.5) is 18.9 Å². The molecule has 1 aromatic carbocycles. The lowest BCUT2D eigenvalue weighted by Gasteiger charge is -2.09. The third-order valence-electron chi connectivity index (χ3n) is 3.66. The zero-order valence-corrected chi connectivity index (χ0v) is 14.2. The summed E-state index contributed by atoms with van der Waals surface area (Å²) in [6, 6.07) is 10.5. The third-order valence-corrected chi connectivity index (χ3v) is 3.66. The topological polar surface area (TPSA) is 69.0 Å². The molecule has 2 heterocycles. The van der Waals surface area contributed by atoms with Gasteiger partial charge in [0, 0.05) is 25.2 Å². The zero-order chi connectivity index (χ0) is 19.4. The van der Waals surface area contributed by atoms with E-state index in [0.29, 0.717) is 16.9 Å². The molecule has 0 radical (unpaired) electrons. The Morgan fingerprint density at radius 2 is 1.96 bits per heavy atom. The number of anilines is 1. The van der Waals surface area contributed by atoms with E-state index in [1.165, 1.54) is 18.0 Å². The van der Waals surface area contributed by atoms with Gasteiger partial charge in [-0.05, 0) is 42.5 Å². The second-order valence-electron chi connectivity index (χ2n) is 5.61. The largest absolute Gasteiger partial charge is 0.435 e. The summed E-state index contributed by atoms with van der Waals surface area (Å²) >= 11 is 0. The Kier molecular flexibility index (Phi) is 5.22. The molecule has 0 aliphatic rings. The van der Waals surface area contributed by atoms with Crippen molar-refractivity contribution in [3.63, 3.8) is 0 Å². The average Bonchev–Trinajstić information content (AvgIpc) is 3.08. The van der Waals surface area contributed by atoms with Gasteiger partial charge in [0.25, 0.3) is 5.91 Å². The summed E-state index contributed by atoms with van der Waals surface area (Å²) < 4.78 is 44.9. The fraction of sp³-hybridized carbons (Fsp3) is 0.167. The van der Waals surface area contributed by atoms with Crippen LogP contribution in [-0.2, 0) is 17.5 Å². The van der Waals surface area contributed by atoms with E-state index < -0.39 is 11.9 Å². The number of aromatic nitrogens is 3. The highest BCUT2D eigenvalue weighted by Crippen LogP contribution is 2.30. The molecule has 0 saturated heterocycles. The van der Waals surface area contributed by atoms with Crippen molar-refractivity contribution in [1.29, 1.82) is 0 Å².